The van der Waals surface area contributed by atoms with E-state index >= 15 is 0 Å². The molecule has 0 aromatic heterocycles. The maximum absolute atomic E-state index is 5.70. The molecule has 3 nitrogen and oxygen atoms in total. The predicted octanol–water partition coefficient (Wildman–Crippen LogP) is 4.51. The van der Waals surface area contributed by atoms with Crippen molar-refractivity contribution in [3.8, 4) is 5.75 Å². The Labute approximate surface area is 145 Å². The number of benzene rings is 2. The van der Waals surface area contributed by atoms with Gasteiger partial charge in [0, 0.05) is 10.2 Å². The molecule has 5 heteroatoms. The van der Waals surface area contributed by atoms with Crippen molar-refractivity contribution in [1.29, 1.82) is 0 Å². The van der Waals surface area contributed by atoms with Crippen LogP contribution in [0.1, 0.15) is 12.5 Å². The monoisotopic (exact) mass is 378 g/mol. The highest BCUT2D eigenvalue weighted by atomic mass is 79.9. The molecule has 0 amide bonds. The lowest BCUT2D eigenvalue weighted by atomic mass is 10.2. The number of thiocarbonyl (C=S) groups is 1. The van der Waals surface area contributed by atoms with Gasteiger partial charge in [-0.2, -0.15) is 0 Å². The van der Waals surface area contributed by atoms with Crippen molar-refractivity contribution in [2.75, 3.05) is 11.9 Å². The summed E-state index contributed by atoms with van der Waals surface area (Å²) in [4.78, 5) is 0. The molecule has 2 aromatic carbocycles. The molecule has 2 rings (SSSR count). The van der Waals surface area contributed by atoms with Crippen LogP contribution in [0.15, 0.2) is 53.0 Å². The summed E-state index contributed by atoms with van der Waals surface area (Å²) >= 11 is 8.82. The van der Waals surface area contributed by atoms with E-state index in [0.29, 0.717) is 11.7 Å². The van der Waals surface area contributed by atoms with Crippen LogP contribution in [-0.4, -0.2) is 17.8 Å². The van der Waals surface area contributed by atoms with Crippen molar-refractivity contribution < 1.29 is 4.74 Å². The minimum absolute atomic E-state index is 0.108. The van der Waals surface area contributed by atoms with Crippen molar-refractivity contribution >= 4 is 38.9 Å². The first kappa shape index (κ1) is 16.8. The lowest BCUT2D eigenvalue weighted by molar-refractivity contribution is 0.287. The fourth-order valence-electron chi connectivity index (χ4n) is 1.89. The van der Waals surface area contributed by atoms with Crippen molar-refractivity contribution in [2.24, 2.45) is 0 Å². The Morgan fingerprint density at radius 1 is 1.23 bits per heavy atom. The molecule has 1 atom stereocenters. The maximum Gasteiger partial charge on any atom is 0.171 e. The molecule has 0 radical (unpaired) electrons. The van der Waals surface area contributed by atoms with Crippen LogP contribution in [0.2, 0.25) is 0 Å². The average Bonchev–Trinajstić information content (AvgIpc) is 2.50. The van der Waals surface area contributed by atoms with Crippen LogP contribution in [0.4, 0.5) is 5.69 Å². The third kappa shape index (κ3) is 5.31. The molecule has 0 aliphatic rings. The SMILES string of the molecule is Cc1cc(NC(=S)NC(C)COc2ccccc2)ccc1Br. The number of rotatable bonds is 5. The summed E-state index contributed by atoms with van der Waals surface area (Å²) < 4.78 is 6.78. The largest absolute Gasteiger partial charge is 0.491 e. The average molecular weight is 379 g/mol. The topological polar surface area (TPSA) is 33.3 Å². The summed E-state index contributed by atoms with van der Waals surface area (Å²) in [5.41, 5.74) is 2.13. The lowest BCUT2D eigenvalue weighted by Crippen LogP contribution is -2.39. The van der Waals surface area contributed by atoms with Crippen LogP contribution in [0.3, 0.4) is 0 Å². The van der Waals surface area contributed by atoms with Gasteiger partial charge in [-0.15, -0.1) is 0 Å². The van der Waals surface area contributed by atoms with Crippen LogP contribution >= 0.6 is 28.1 Å². The summed E-state index contributed by atoms with van der Waals surface area (Å²) in [6, 6.07) is 15.9. The summed E-state index contributed by atoms with van der Waals surface area (Å²) in [7, 11) is 0. The number of aryl methyl sites for hydroxylation is 1. The molecule has 0 aliphatic heterocycles. The standard InChI is InChI=1S/C17H19BrN2OS/c1-12-10-14(8-9-16(12)18)20-17(22)19-13(2)11-21-15-6-4-3-5-7-15/h3-10,13H,11H2,1-2H3,(H2,19,20,22). The Kier molecular flexibility index (Phi) is 6.21. The van der Waals surface area contributed by atoms with Crippen LogP contribution < -0.4 is 15.4 Å². The summed E-state index contributed by atoms with van der Waals surface area (Å²) in [6.07, 6.45) is 0. The van der Waals surface area contributed by atoms with E-state index in [1.54, 1.807) is 0 Å². The number of hydrogen-bond donors (Lipinski definition) is 2. The second-order valence-electron chi connectivity index (χ2n) is 5.09. The Morgan fingerprint density at radius 3 is 2.64 bits per heavy atom. The van der Waals surface area contributed by atoms with Crippen LogP contribution in [0.25, 0.3) is 0 Å². The number of para-hydroxylation sites is 1. The minimum Gasteiger partial charge on any atom is -0.491 e. The molecule has 0 bridgehead atoms. The van der Waals surface area contributed by atoms with E-state index in [4.69, 9.17) is 17.0 Å². The molecule has 0 aliphatic carbocycles. The predicted molar refractivity (Wildman–Crippen MR) is 99.6 cm³/mol. The normalized spacial score (nSPS) is 11.6. The Bertz CT molecular complexity index is 634. The van der Waals surface area contributed by atoms with E-state index in [-0.39, 0.29) is 6.04 Å². The summed E-state index contributed by atoms with van der Waals surface area (Å²) in [5.74, 6) is 0.860. The zero-order valence-corrected chi connectivity index (χ0v) is 15.0. The zero-order valence-electron chi connectivity index (χ0n) is 12.6. The van der Waals surface area contributed by atoms with Gasteiger partial charge in [-0.05, 0) is 62.0 Å². The first-order valence-electron chi connectivity index (χ1n) is 7.06. The van der Waals surface area contributed by atoms with Gasteiger partial charge in [0.1, 0.15) is 12.4 Å². The van der Waals surface area contributed by atoms with Gasteiger partial charge in [-0.1, -0.05) is 34.1 Å². The van der Waals surface area contributed by atoms with Gasteiger partial charge < -0.3 is 15.4 Å². The zero-order chi connectivity index (χ0) is 15.9. The first-order valence-corrected chi connectivity index (χ1v) is 8.26. The lowest BCUT2D eigenvalue weighted by Gasteiger charge is -2.18. The fourth-order valence-corrected chi connectivity index (χ4v) is 2.46. The molecule has 0 spiro atoms. The Hall–Kier alpha value is -1.59. The molecule has 2 aromatic rings. The van der Waals surface area contributed by atoms with E-state index < -0.39 is 0 Å². The van der Waals surface area contributed by atoms with E-state index in [0.717, 1.165) is 21.5 Å². The maximum atomic E-state index is 5.70. The van der Waals surface area contributed by atoms with Gasteiger partial charge in [-0.3, -0.25) is 0 Å². The van der Waals surface area contributed by atoms with Crippen molar-refractivity contribution in [1.82, 2.24) is 5.32 Å². The minimum atomic E-state index is 0.108. The van der Waals surface area contributed by atoms with E-state index in [9.17, 15) is 0 Å². The summed E-state index contributed by atoms with van der Waals surface area (Å²) in [6.45, 7) is 4.62. The quantitative estimate of drug-likeness (QED) is 0.749. The van der Waals surface area contributed by atoms with E-state index in [2.05, 4.69) is 26.6 Å². The van der Waals surface area contributed by atoms with Crippen LogP contribution in [0, 0.1) is 6.92 Å². The van der Waals surface area contributed by atoms with Crippen LogP contribution in [-0.2, 0) is 0 Å². The van der Waals surface area contributed by atoms with Gasteiger partial charge in [0.15, 0.2) is 5.11 Å². The summed E-state index contributed by atoms with van der Waals surface area (Å²) in [5, 5.41) is 6.99. The van der Waals surface area contributed by atoms with Gasteiger partial charge in [-0.25, -0.2) is 0 Å². The molecule has 1 unspecified atom stereocenters. The highest BCUT2D eigenvalue weighted by Gasteiger charge is 2.06. The smallest absolute Gasteiger partial charge is 0.171 e. The third-order valence-electron chi connectivity index (χ3n) is 3.04. The molecule has 0 fully saturated rings. The molecule has 0 saturated heterocycles. The number of nitrogens with one attached hydrogen (secondary N) is 2. The first-order chi connectivity index (χ1) is 10.5. The number of ether oxygens (including phenoxy) is 1. The highest BCUT2D eigenvalue weighted by Crippen LogP contribution is 2.19. The molecule has 22 heavy (non-hydrogen) atoms. The molecular formula is C17H19BrN2OS. The molecule has 116 valence electrons. The second-order valence-corrected chi connectivity index (χ2v) is 6.35. The van der Waals surface area contributed by atoms with E-state index in [1.807, 2.05) is 62.4 Å². The number of hydrogen-bond acceptors (Lipinski definition) is 2. The van der Waals surface area contributed by atoms with Crippen LogP contribution in [0.5, 0.6) is 5.75 Å². The Balaban J connectivity index is 1.79. The molecule has 2 N–H and O–H groups in total. The highest BCUT2D eigenvalue weighted by molar-refractivity contribution is 9.10. The van der Waals surface area contributed by atoms with Gasteiger partial charge in [0.05, 0.1) is 6.04 Å². The third-order valence-corrected chi connectivity index (χ3v) is 4.15. The fraction of sp³-hybridized carbons (Fsp3) is 0.235. The van der Waals surface area contributed by atoms with Gasteiger partial charge >= 0.3 is 0 Å². The van der Waals surface area contributed by atoms with Crippen molar-refractivity contribution in [3.63, 3.8) is 0 Å². The molecule has 0 saturated carbocycles. The Morgan fingerprint density at radius 2 is 1.95 bits per heavy atom. The number of halogens is 1. The molecular weight excluding hydrogens is 360 g/mol. The number of anilines is 1. The van der Waals surface area contributed by atoms with E-state index in [1.165, 1.54) is 0 Å². The van der Waals surface area contributed by atoms with Crippen molar-refractivity contribution in [2.45, 2.75) is 19.9 Å². The van der Waals surface area contributed by atoms with Gasteiger partial charge in [0.25, 0.3) is 0 Å². The second kappa shape index (κ2) is 8.15. The van der Waals surface area contributed by atoms with Gasteiger partial charge in [0.2, 0.25) is 0 Å². The molecule has 0 heterocycles. The van der Waals surface area contributed by atoms with Crippen molar-refractivity contribution in [3.05, 3.63) is 58.6 Å².